The molecule has 1 aromatic rings. The molecule has 3 nitrogen and oxygen atoms in total. The molecule has 1 aliphatic rings. The van der Waals surface area contributed by atoms with Gasteiger partial charge in [-0.05, 0) is 39.8 Å². The molecule has 0 spiro atoms. The molecule has 1 saturated heterocycles. The van der Waals surface area contributed by atoms with Crippen molar-refractivity contribution in [2.24, 2.45) is 5.73 Å². The molecule has 2 N–H and O–H groups in total. The standard InChI is InChI=1S/C15H20ClNO2S/c1-14(2)8-11(15(3,4)19-14)18-10-7-5-6-9(16)12(10)13(17)20/h5-7,11H,8H2,1-4H3,(H2,17,20). The number of halogens is 1. The summed E-state index contributed by atoms with van der Waals surface area (Å²) in [6, 6.07) is 5.41. The SMILES string of the molecule is CC1(C)CC(Oc2cccc(Cl)c2C(N)=S)C(C)(C)O1. The number of rotatable bonds is 3. The minimum absolute atomic E-state index is 0.0796. The van der Waals surface area contributed by atoms with Crippen molar-refractivity contribution in [1.82, 2.24) is 0 Å². The minimum atomic E-state index is -0.376. The Kier molecular flexibility index (Phi) is 4.02. The molecule has 0 radical (unpaired) electrons. The fraction of sp³-hybridized carbons (Fsp3) is 0.533. The van der Waals surface area contributed by atoms with Crippen LogP contribution in [-0.2, 0) is 4.74 Å². The van der Waals surface area contributed by atoms with Crippen molar-refractivity contribution in [2.45, 2.75) is 51.4 Å². The Hall–Kier alpha value is -0.840. The summed E-state index contributed by atoms with van der Waals surface area (Å²) in [6.07, 6.45) is 0.715. The average Bonchev–Trinajstić information content (AvgIpc) is 2.45. The van der Waals surface area contributed by atoms with Crippen molar-refractivity contribution < 1.29 is 9.47 Å². The van der Waals surface area contributed by atoms with E-state index in [1.165, 1.54) is 0 Å². The van der Waals surface area contributed by atoms with E-state index in [2.05, 4.69) is 13.8 Å². The maximum absolute atomic E-state index is 6.16. The highest BCUT2D eigenvalue weighted by Crippen LogP contribution is 2.40. The van der Waals surface area contributed by atoms with Gasteiger partial charge in [0.05, 0.1) is 16.2 Å². The van der Waals surface area contributed by atoms with Gasteiger partial charge < -0.3 is 15.2 Å². The molecule has 0 bridgehead atoms. The van der Waals surface area contributed by atoms with Crippen molar-refractivity contribution in [2.75, 3.05) is 0 Å². The van der Waals surface area contributed by atoms with Crippen molar-refractivity contribution >= 4 is 28.8 Å². The summed E-state index contributed by atoms with van der Waals surface area (Å²) in [5, 5.41) is 0.506. The van der Waals surface area contributed by atoms with Crippen LogP contribution in [0, 0.1) is 0 Å². The molecule has 1 fully saturated rings. The van der Waals surface area contributed by atoms with E-state index >= 15 is 0 Å². The first-order chi connectivity index (χ1) is 9.12. The van der Waals surface area contributed by atoms with Gasteiger partial charge in [0.25, 0.3) is 0 Å². The molecule has 1 aromatic carbocycles. The van der Waals surface area contributed by atoms with E-state index in [4.69, 9.17) is 39.0 Å². The first-order valence-electron chi connectivity index (χ1n) is 6.57. The number of thiocarbonyl (C=S) groups is 1. The molecule has 1 heterocycles. The Balaban J connectivity index is 2.32. The van der Waals surface area contributed by atoms with E-state index in [-0.39, 0.29) is 22.3 Å². The van der Waals surface area contributed by atoms with Gasteiger partial charge >= 0.3 is 0 Å². The van der Waals surface area contributed by atoms with Gasteiger partial charge in [-0.15, -0.1) is 0 Å². The molecule has 0 amide bonds. The fourth-order valence-corrected chi connectivity index (χ4v) is 3.22. The zero-order chi connectivity index (χ0) is 15.1. The second kappa shape index (κ2) is 5.17. The predicted molar refractivity (Wildman–Crippen MR) is 85.6 cm³/mol. The van der Waals surface area contributed by atoms with Gasteiger partial charge in [0.15, 0.2) is 0 Å². The largest absolute Gasteiger partial charge is 0.487 e. The lowest BCUT2D eigenvalue weighted by Gasteiger charge is -2.28. The molecule has 0 aliphatic carbocycles. The summed E-state index contributed by atoms with van der Waals surface area (Å²) in [5.74, 6) is 0.615. The van der Waals surface area contributed by atoms with E-state index < -0.39 is 0 Å². The minimum Gasteiger partial charge on any atom is -0.487 e. The number of ether oxygens (including phenoxy) is 2. The average molecular weight is 314 g/mol. The lowest BCUT2D eigenvalue weighted by atomic mass is 9.97. The lowest BCUT2D eigenvalue weighted by molar-refractivity contribution is -0.0846. The molecule has 0 aromatic heterocycles. The molecule has 1 atom stereocenters. The molecule has 0 saturated carbocycles. The van der Waals surface area contributed by atoms with E-state index in [0.29, 0.717) is 16.3 Å². The second-order valence-electron chi connectivity index (χ2n) is 6.25. The van der Waals surface area contributed by atoms with Gasteiger partial charge in [-0.3, -0.25) is 0 Å². The van der Waals surface area contributed by atoms with E-state index in [9.17, 15) is 0 Å². The van der Waals surface area contributed by atoms with Crippen LogP contribution in [0.3, 0.4) is 0 Å². The van der Waals surface area contributed by atoms with E-state index in [0.717, 1.165) is 6.42 Å². The first kappa shape index (κ1) is 15.5. The normalized spacial score (nSPS) is 23.6. The molecule has 20 heavy (non-hydrogen) atoms. The molecule has 2 rings (SSSR count). The molecule has 110 valence electrons. The van der Waals surface area contributed by atoms with Crippen LogP contribution in [0.15, 0.2) is 18.2 Å². The summed E-state index contributed by atoms with van der Waals surface area (Å²) in [5.41, 5.74) is 5.75. The van der Waals surface area contributed by atoms with Crippen molar-refractivity contribution in [1.29, 1.82) is 0 Å². The maximum atomic E-state index is 6.16. The summed E-state index contributed by atoms with van der Waals surface area (Å²) < 4.78 is 12.2. The van der Waals surface area contributed by atoms with Crippen LogP contribution in [0.4, 0.5) is 0 Å². The first-order valence-corrected chi connectivity index (χ1v) is 7.36. The Bertz CT molecular complexity index is 543. The molecule has 1 aliphatic heterocycles. The van der Waals surface area contributed by atoms with Crippen molar-refractivity contribution in [3.05, 3.63) is 28.8 Å². The third-order valence-electron chi connectivity index (χ3n) is 3.48. The van der Waals surface area contributed by atoms with Crippen LogP contribution in [0.1, 0.15) is 39.7 Å². The van der Waals surface area contributed by atoms with Gasteiger partial charge in [0.1, 0.15) is 22.4 Å². The fourth-order valence-electron chi connectivity index (χ4n) is 2.69. The van der Waals surface area contributed by atoms with Gasteiger partial charge in [-0.25, -0.2) is 0 Å². The third-order valence-corrected chi connectivity index (χ3v) is 4.00. The van der Waals surface area contributed by atoms with E-state index in [1.807, 2.05) is 26.0 Å². The molecular formula is C15H20ClNO2S. The monoisotopic (exact) mass is 313 g/mol. The number of hydrogen-bond acceptors (Lipinski definition) is 3. The highest BCUT2D eigenvalue weighted by atomic mass is 35.5. The predicted octanol–water partition coefficient (Wildman–Crippen LogP) is 3.70. The Labute approximate surface area is 130 Å². The summed E-state index contributed by atoms with van der Waals surface area (Å²) in [7, 11) is 0. The summed E-state index contributed by atoms with van der Waals surface area (Å²) in [6.45, 7) is 8.17. The van der Waals surface area contributed by atoms with Crippen molar-refractivity contribution in [3.8, 4) is 5.75 Å². The third kappa shape index (κ3) is 3.08. The molecule has 5 heteroatoms. The van der Waals surface area contributed by atoms with Crippen LogP contribution in [0.2, 0.25) is 5.02 Å². The van der Waals surface area contributed by atoms with Gasteiger partial charge in [-0.1, -0.05) is 29.9 Å². The zero-order valence-corrected chi connectivity index (χ0v) is 13.8. The Morgan fingerprint density at radius 3 is 2.55 bits per heavy atom. The van der Waals surface area contributed by atoms with Crippen LogP contribution in [-0.4, -0.2) is 22.3 Å². The molecule has 1 unspecified atom stereocenters. The zero-order valence-electron chi connectivity index (χ0n) is 12.2. The van der Waals surface area contributed by atoms with E-state index in [1.54, 1.807) is 6.07 Å². The highest BCUT2D eigenvalue weighted by Gasteiger charge is 2.47. The number of benzene rings is 1. The van der Waals surface area contributed by atoms with Crippen LogP contribution in [0.25, 0.3) is 0 Å². The van der Waals surface area contributed by atoms with Gasteiger partial charge in [0.2, 0.25) is 0 Å². The van der Waals surface area contributed by atoms with Gasteiger partial charge in [0, 0.05) is 6.42 Å². The Morgan fingerprint density at radius 2 is 2.05 bits per heavy atom. The second-order valence-corrected chi connectivity index (χ2v) is 7.10. The maximum Gasteiger partial charge on any atom is 0.131 e. The number of hydrogen-bond donors (Lipinski definition) is 1. The number of nitrogens with two attached hydrogens (primary N) is 1. The van der Waals surface area contributed by atoms with Crippen LogP contribution >= 0.6 is 23.8 Å². The molecular weight excluding hydrogens is 294 g/mol. The van der Waals surface area contributed by atoms with Gasteiger partial charge in [-0.2, -0.15) is 0 Å². The smallest absolute Gasteiger partial charge is 0.131 e. The van der Waals surface area contributed by atoms with Crippen molar-refractivity contribution in [3.63, 3.8) is 0 Å². The summed E-state index contributed by atoms with van der Waals surface area (Å²) in [4.78, 5) is 0.238. The Morgan fingerprint density at radius 1 is 1.40 bits per heavy atom. The quantitative estimate of drug-likeness (QED) is 0.864. The van der Waals surface area contributed by atoms with Crippen LogP contribution in [0.5, 0.6) is 5.75 Å². The summed E-state index contributed by atoms with van der Waals surface area (Å²) >= 11 is 11.2. The highest BCUT2D eigenvalue weighted by molar-refractivity contribution is 7.80. The lowest BCUT2D eigenvalue weighted by Crippen LogP contribution is -2.37. The topological polar surface area (TPSA) is 44.5 Å². The van der Waals surface area contributed by atoms with Crippen LogP contribution < -0.4 is 10.5 Å².